The van der Waals surface area contributed by atoms with Crippen molar-refractivity contribution in [2.75, 3.05) is 6.61 Å². The summed E-state index contributed by atoms with van der Waals surface area (Å²) in [7, 11) is 0. The lowest BCUT2D eigenvalue weighted by Gasteiger charge is -2.27. The Kier molecular flexibility index (Phi) is 2.81. The fourth-order valence-electron chi connectivity index (χ4n) is 3.01. The number of aliphatic hydroxyl groups is 2. The molecule has 0 bridgehead atoms. The van der Waals surface area contributed by atoms with Crippen LogP contribution in [0, 0.1) is 5.41 Å². The molecule has 3 N–H and O–H groups in total. The standard InChI is InChI=1S/C14H19NO4/c1-14(2)4-9-7(10(16)5-14)3-8(15-9)13-12(18)11(17)6-19-13/h3,11-13,15,17-18H,4-6H2,1-2H3/t11-,12-,13?/m1/s1. The Morgan fingerprint density at radius 3 is 2.74 bits per heavy atom. The van der Waals surface area contributed by atoms with Crippen LogP contribution in [0.1, 0.15) is 48.1 Å². The Hall–Kier alpha value is -1.17. The molecule has 2 aliphatic rings. The average molecular weight is 265 g/mol. The van der Waals surface area contributed by atoms with Crippen molar-refractivity contribution in [1.29, 1.82) is 0 Å². The molecule has 0 saturated carbocycles. The highest BCUT2D eigenvalue weighted by Gasteiger charge is 2.39. The number of carbonyl (C=O) groups excluding carboxylic acids is 1. The summed E-state index contributed by atoms with van der Waals surface area (Å²) >= 11 is 0. The van der Waals surface area contributed by atoms with Crippen LogP contribution in [0.15, 0.2) is 6.07 Å². The number of fused-ring (bicyclic) bond motifs is 1. The van der Waals surface area contributed by atoms with Crippen molar-refractivity contribution in [1.82, 2.24) is 4.98 Å². The number of nitrogens with one attached hydrogen (secondary N) is 1. The highest BCUT2D eigenvalue weighted by atomic mass is 16.5. The third kappa shape index (κ3) is 2.12. The maximum Gasteiger partial charge on any atom is 0.165 e. The number of aromatic nitrogens is 1. The van der Waals surface area contributed by atoms with E-state index in [9.17, 15) is 15.0 Å². The first-order valence-corrected chi connectivity index (χ1v) is 6.60. The summed E-state index contributed by atoms with van der Waals surface area (Å²) in [6.45, 7) is 4.26. The molecule has 1 aromatic heterocycles. The first-order valence-electron chi connectivity index (χ1n) is 6.60. The van der Waals surface area contributed by atoms with Gasteiger partial charge in [0.15, 0.2) is 5.78 Å². The van der Waals surface area contributed by atoms with E-state index in [2.05, 4.69) is 18.8 Å². The van der Waals surface area contributed by atoms with Crippen molar-refractivity contribution in [2.45, 2.75) is 45.0 Å². The fraction of sp³-hybridized carbons (Fsp3) is 0.643. The van der Waals surface area contributed by atoms with Crippen molar-refractivity contribution in [3.8, 4) is 0 Å². The van der Waals surface area contributed by atoms with Gasteiger partial charge in [-0.3, -0.25) is 4.79 Å². The maximum atomic E-state index is 12.1. The van der Waals surface area contributed by atoms with E-state index in [4.69, 9.17) is 4.74 Å². The smallest absolute Gasteiger partial charge is 0.165 e. The maximum absolute atomic E-state index is 12.1. The zero-order valence-electron chi connectivity index (χ0n) is 11.1. The van der Waals surface area contributed by atoms with Crippen LogP contribution in [-0.4, -0.2) is 39.8 Å². The summed E-state index contributed by atoms with van der Waals surface area (Å²) in [4.78, 5) is 15.3. The van der Waals surface area contributed by atoms with Gasteiger partial charge >= 0.3 is 0 Å². The number of carbonyl (C=O) groups is 1. The van der Waals surface area contributed by atoms with Gasteiger partial charge in [0, 0.05) is 23.4 Å². The Bertz CT molecular complexity index is 520. The molecule has 1 fully saturated rings. The third-order valence-electron chi connectivity index (χ3n) is 3.97. The van der Waals surface area contributed by atoms with E-state index in [1.54, 1.807) is 6.07 Å². The van der Waals surface area contributed by atoms with Crippen molar-refractivity contribution in [3.05, 3.63) is 23.0 Å². The van der Waals surface area contributed by atoms with Gasteiger partial charge in [-0.05, 0) is 17.9 Å². The number of H-pyrrole nitrogens is 1. The molecule has 0 aromatic carbocycles. The zero-order valence-corrected chi connectivity index (χ0v) is 11.1. The number of hydrogen-bond donors (Lipinski definition) is 3. The lowest BCUT2D eigenvalue weighted by molar-refractivity contribution is 0.0207. The topological polar surface area (TPSA) is 82.6 Å². The first kappa shape index (κ1) is 12.8. The van der Waals surface area contributed by atoms with E-state index in [0.717, 1.165) is 12.1 Å². The predicted molar refractivity (Wildman–Crippen MR) is 67.9 cm³/mol. The lowest BCUT2D eigenvalue weighted by Crippen LogP contribution is -2.26. The number of ether oxygens (including phenoxy) is 1. The van der Waals surface area contributed by atoms with E-state index in [1.165, 1.54) is 0 Å². The minimum atomic E-state index is -0.941. The summed E-state index contributed by atoms with van der Waals surface area (Å²) < 4.78 is 5.39. The first-order chi connectivity index (χ1) is 8.87. The molecule has 1 unspecified atom stereocenters. The van der Waals surface area contributed by atoms with Crippen molar-refractivity contribution >= 4 is 5.78 Å². The van der Waals surface area contributed by atoms with Crippen molar-refractivity contribution in [3.63, 3.8) is 0 Å². The molecule has 2 heterocycles. The average Bonchev–Trinajstić information content (AvgIpc) is 2.83. The molecule has 1 aliphatic carbocycles. The van der Waals surface area contributed by atoms with E-state index in [0.29, 0.717) is 17.7 Å². The molecule has 0 amide bonds. The molecular formula is C14H19NO4. The van der Waals surface area contributed by atoms with Gasteiger partial charge in [0.05, 0.1) is 6.61 Å². The van der Waals surface area contributed by atoms with E-state index in [-0.39, 0.29) is 17.8 Å². The van der Waals surface area contributed by atoms with Crippen molar-refractivity contribution in [2.24, 2.45) is 5.41 Å². The second kappa shape index (κ2) is 4.16. The lowest BCUT2D eigenvalue weighted by atomic mass is 9.76. The van der Waals surface area contributed by atoms with Gasteiger partial charge in [0.1, 0.15) is 18.3 Å². The molecule has 1 aliphatic heterocycles. The van der Waals surface area contributed by atoms with Crippen LogP contribution < -0.4 is 0 Å². The van der Waals surface area contributed by atoms with Crippen molar-refractivity contribution < 1.29 is 19.7 Å². The fourth-order valence-corrected chi connectivity index (χ4v) is 3.01. The minimum Gasteiger partial charge on any atom is -0.388 e. The summed E-state index contributed by atoms with van der Waals surface area (Å²) in [6, 6.07) is 1.76. The summed E-state index contributed by atoms with van der Waals surface area (Å²) in [6.07, 6.45) is -1.04. The SMILES string of the molecule is CC1(C)CC(=O)c2cc(C3OC[C@@H](O)[C@H]3O)[nH]c2C1. The number of ketones is 1. The Morgan fingerprint density at radius 2 is 2.11 bits per heavy atom. The number of aliphatic hydroxyl groups excluding tert-OH is 2. The molecule has 1 saturated heterocycles. The summed E-state index contributed by atoms with van der Waals surface area (Å²) in [5.41, 5.74) is 2.25. The molecule has 0 radical (unpaired) electrons. The number of hydrogen-bond acceptors (Lipinski definition) is 4. The van der Waals surface area contributed by atoms with Crippen LogP contribution >= 0.6 is 0 Å². The third-order valence-corrected chi connectivity index (χ3v) is 3.97. The molecule has 0 spiro atoms. The highest BCUT2D eigenvalue weighted by molar-refractivity contribution is 5.99. The van der Waals surface area contributed by atoms with Crippen LogP contribution in [0.25, 0.3) is 0 Å². The number of aromatic amines is 1. The Labute approximate surface area is 111 Å². The molecule has 3 atom stereocenters. The molecular weight excluding hydrogens is 246 g/mol. The van der Waals surface area contributed by atoms with Crippen LogP contribution in [0.5, 0.6) is 0 Å². The largest absolute Gasteiger partial charge is 0.388 e. The zero-order chi connectivity index (χ0) is 13.8. The second-order valence-corrected chi connectivity index (χ2v) is 6.37. The van der Waals surface area contributed by atoms with Gasteiger partial charge in [-0.1, -0.05) is 13.8 Å². The summed E-state index contributed by atoms with van der Waals surface area (Å²) in [5.74, 6) is 0.127. The monoisotopic (exact) mass is 265 g/mol. The van der Waals surface area contributed by atoms with Gasteiger partial charge in [0.2, 0.25) is 0 Å². The van der Waals surface area contributed by atoms with Crippen LogP contribution in [0.4, 0.5) is 0 Å². The van der Waals surface area contributed by atoms with Crippen LogP contribution in [0.2, 0.25) is 0 Å². The predicted octanol–water partition coefficient (Wildman–Crippen LogP) is 0.963. The molecule has 5 heteroatoms. The quantitative estimate of drug-likeness (QED) is 0.706. The molecule has 5 nitrogen and oxygen atoms in total. The van der Waals surface area contributed by atoms with Crippen LogP contribution in [0.3, 0.4) is 0 Å². The van der Waals surface area contributed by atoms with Gasteiger partial charge in [0.25, 0.3) is 0 Å². The van der Waals surface area contributed by atoms with E-state index >= 15 is 0 Å². The Morgan fingerprint density at radius 1 is 1.37 bits per heavy atom. The normalized spacial score (nSPS) is 33.5. The molecule has 1 aromatic rings. The van der Waals surface area contributed by atoms with Gasteiger partial charge in [-0.15, -0.1) is 0 Å². The number of rotatable bonds is 1. The van der Waals surface area contributed by atoms with Gasteiger partial charge < -0.3 is 19.9 Å². The van der Waals surface area contributed by atoms with E-state index in [1.807, 2.05) is 0 Å². The second-order valence-electron chi connectivity index (χ2n) is 6.37. The molecule has 104 valence electrons. The molecule has 19 heavy (non-hydrogen) atoms. The Balaban J connectivity index is 1.93. The molecule has 3 rings (SSSR count). The van der Waals surface area contributed by atoms with Crippen LogP contribution in [-0.2, 0) is 11.2 Å². The minimum absolute atomic E-state index is 0.0408. The van der Waals surface area contributed by atoms with E-state index < -0.39 is 18.3 Å². The number of Topliss-reactive ketones (excluding diaryl/α,β-unsaturated/α-hetero) is 1. The van der Waals surface area contributed by atoms with Gasteiger partial charge in [-0.2, -0.15) is 0 Å². The summed E-state index contributed by atoms with van der Waals surface area (Å²) in [5, 5.41) is 19.4. The van der Waals surface area contributed by atoms with Gasteiger partial charge in [-0.25, -0.2) is 0 Å². The highest BCUT2D eigenvalue weighted by Crippen LogP contribution is 2.37.